The Bertz CT molecular complexity index is 674. The smallest absolute Gasteiger partial charge is 0.412 e. The average molecular weight is 317 g/mol. The summed E-state index contributed by atoms with van der Waals surface area (Å²) in [5.74, 6) is 0.355. The molecule has 1 N–H and O–H groups in total. The van der Waals surface area contributed by atoms with Crippen LogP contribution in [0.2, 0.25) is 0 Å². The van der Waals surface area contributed by atoms with Crippen molar-refractivity contribution in [2.45, 2.75) is 32.9 Å². The van der Waals surface area contributed by atoms with Gasteiger partial charge in [-0.25, -0.2) is 4.79 Å². The Morgan fingerprint density at radius 1 is 1.39 bits per heavy atom. The predicted octanol–water partition coefficient (Wildman–Crippen LogP) is 3.21. The Kier molecular flexibility index (Phi) is 4.90. The number of nitrogens with zero attached hydrogens (tertiary/aromatic N) is 3. The van der Waals surface area contributed by atoms with E-state index in [1.54, 1.807) is 23.0 Å². The maximum atomic E-state index is 11.8. The zero-order valence-corrected chi connectivity index (χ0v) is 13.7. The van der Waals surface area contributed by atoms with E-state index in [2.05, 4.69) is 10.4 Å². The van der Waals surface area contributed by atoms with Crippen molar-refractivity contribution in [3.05, 3.63) is 47.3 Å². The lowest BCUT2D eigenvalue weighted by Crippen LogP contribution is -2.27. The molecule has 2 aromatic rings. The van der Waals surface area contributed by atoms with Crippen LogP contribution in [-0.4, -0.2) is 28.5 Å². The van der Waals surface area contributed by atoms with Crippen molar-refractivity contribution in [1.29, 1.82) is 0 Å². The Hall–Kier alpha value is -2.54. The van der Waals surface area contributed by atoms with E-state index >= 15 is 0 Å². The summed E-state index contributed by atoms with van der Waals surface area (Å²) in [4.78, 5) is 11.8. The number of rotatable bonds is 4. The third-order valence-electron chi connectivity index (χ3n) is 2.87. The molecule has 0 aliphatic carbocycles. The third kappa shape index (κ3) is 5.30. The first-order valence-electron chi connectivity index (χ1n) is 7.26. The number of aromatic nitrogens is 2. The summed E-state index contributed by atoms with van der Waals surface area (Å²) in [5, 5.41) is 18.7. The Labute approximate surface area is 135 Å². The Balaban J connectivity index is 2.03. The van der Waals surface area contributed by atoms with Crippen LogP contribution in [0, 0.1) is 5.21 Å². The summed E-state index contributed by atoms with van der Waals surface area (Å²) < 4.78 is 6.88. The van der Waals surface area contributed by atoms with Gasteiger partial charge in [0.2, 0.25) is 0 Å². The van der Waals surface area contributed by atoms with Gasteiger partial charge in [0.25, 0.3) is 0 Å². The first-order valence-corrected chi connectivity index (χ1v) is 7.26. The van der Waals surface area contributed by atoms with Gasteiger partial charge in [-0.2, -0.15) is 5.10 Å². The molecule has 1 heterocycles. The number of ether oxygens (including phenoxy) is 1. The molecule has 2 rings (SSSR count). The van der Waals surface area contributed by atoms with Gasteiger partial charge in [0.1, 0.15) is 11.4 Å². The van der Waals surface area contributed by atoms with Crippen molar-refractivity contribution in [2.75, 3.05) is 17.4 Å². The van der Waals surface area contributed by atoms with E-state index in [1.807, 2.05) is 39.0 Å². The summed E-state index contributed by atoms with van der Waals surface area (Å²) in [6.45, 7) is 5.93. The van der Waals surface area contributed by atoms with Crippen LogP contribution in [0.3, 0.4) is 0 Å². The molecule has 0 atom stereocenters. The van der Waals surface area contributed by atoms with Gasteiger partial charge in [-0.15, -0.1) is 0 Å². The molecule has 0 spiro atoms. The number of hydrogen-bond donors (Lipinski definition) is 1. The summed E-state index contributed by atoms with van der Waals surface area (Å²) in [6, 6.07) is 9.03. The molecule has 1 aromatic heterocycles. The lowest BCUT2D eigenvalue weighted by molar-refractivity contribution is 0.0636. The molecule has 1 amide bonds. The molecule has 0 aliphatic rings. The number of benzene rings is 1. The molecule has 0 saturated heterocycles. The van der Waals surface area contributed by atoms with Gasteiger partial charge in [-0.1, -0.05) is 12.1 Å². The molecule has 7 heteroatoms. The van der Waals surface area contributed by atoms with Gasteiger partial charge in [0, 0.05) is 11.9 Å². The van der Waals surface area contributed by atoms with E-state index in [-0.39, 0.29) is 0 Å². The lowest BCUT2D eigenvalue weighted by atomic mass is 10.2. The molecule has 0 radical (unpaired) electrons. The molecular weight excluding hydrogens is 296 g/mol. The molecule has 0 bridgehead atoms. The summed E-state index contributed by atoms with van der Waals surface area (Å²) in [5.41, 5.74) is 1.05. The van der Waals surface area contributed by atoms with Gasteiger partial charge in [0.05, 0.1) is 6.54 Å². The molecular formula is C16H21N4O3-. The van der Waals surface area contributed by atoms with Crippen LogP contribution in [0.5, 0.6) is 0 Å². The predicted molar refractivity (Wildman–Crippen MR) is 89.4 cm³/mol. The van der Waals surface area contributed by atoms with Crippen molar-refractivity contribution < 1.29 is 9.53 Å². The van der Waals surface area contributed by atoms with Gasteiger partial charge in [0.15, 0.2) is 0 Å². The van der Waals surface area contributed by atoms with Crippen molar-refractivity contribution >= 4 is 17.6 Å². The summed E-state index contributed by atoms with van der Waals surface area (Å²) in [7, 11) is 1.40. The fourth-order valence-electron chi connectivity index (χ4n) is 1.96. The van der Waals surface area contributed by atoms with E-state index in [0.717, 1.165) is 5.56 Å². The van der Waals surface area contributed by atoms with Gasteiger partial charge in [-0.05, 0) is 51.6 Å². The van der Waals surface area contributed by atoms with Gasteiger partial charge >= 0.3 is 6.09 Å². The number of amides is 1. The summed E-state index contributed by atoms with van der Waals surface area (Å²) >= 11 is 0. The number of anilines is 2. The molecule has 7 nitrogen and oxygen atoms in total. The Morgan fingerprint density at radius 2 is 2.13 bits per heavy atom. The maximum absolute atomic E-state index is 11.8. The fourth-order valence-corrected chi connectivity index (χ4v) is 1.96. The molecule has 0 saturated carbocycles. The number of hydroxylamine groups is 1. The Morgan fingerprint density at radius 3 is 2.74 bits per heavy atom. The van der Waals surface area contributed by atoms with Crippen LogP contribution < -0.4 is 10.4 Å². The van der Waals surface area contributed by atoms with Crippen LogP contribution >= 0.6 is 0 Å². The van der Waals surface area contributed by atoms with Gasteiger partial charge in [-0.3, -0.25) is 10.00 Å². The minimum absolute atomic E-state index is 0.355. The van der Waals surface area contributed by atoms with E-state index in [0.29, 0.717) is 23.1 Å². The van der Waals surface area contributed by atoms with E-state index in [1.165, 1.54) is 7.05 Å². The topological polar surface area (TPSA) is 82.5 Å². The van der Waals surface area contributed by atoms with Crippen LogP contribution in [-0.2, 0) is 11.3 Å². The molecule has 124 valence electrons. The largest absolute Gasteiger partial charge is 0.757 e. The highest BCUT2D eigenvalue weighted by atomic mass is 16.6. The van der Waals surface area contributed by atoms with Crippen molar-refractivity contribution in [3.8, 4) is 0 Å². The average Bonchev–Trinajstić information content (AvgIpc) is 2.85. The maximum Gasteiger partial charge on any atom is 0.412 e. The highest BCUT2D eigenvalue weighted by molar-refractivity contribution is 5.84. The molecule has 23 heavy (non-hydrogen) atoms. The van der Waals surface area contributed by atoms with Crippen LogP contribution in [0.15, 0.2) is 36.5 Å². The number of carbonyl (C=O) groups excluding carboxylic acids is 1. The second-order valence-corrected chi connectivity index (χ2v) is 6.20. The molecule has 0 fully saturated rings. The second-order valence-electron chi connectivity index (χ2n) is 6.20. The van der Waals surface area contributed by atoms with Crippen LogP contribution in [0.25, 0.3) is 0 Å². The first-order chi connectivity index (χ1) is 10.7. The van der Waals surface area contributed by atoms with E-state index in [4.69, 9.17) is 4.74 Å². The van der Waals surface area contributed by atoms with Crippen molar-refractivity contribution in [1.82, 2.24) is 9.78 Å². The van der Waals surface area contributed by atoms with E-state index in [9.17, 15) is 10.0 Å². The molecule has 0 aliphatic heterocycles. The molecule has 0 unspecified atom stereocenters. The lowest BCUT2D eigenvalue weighted by Gasteiger charge is -2.20. The highest BCUT2D eigenvalue weighted by Gasteiger charge is 2.16. The van der Waals surface area contributed by atoms with Crippen LogP contribution in [0.4, 0.5) is 16.3 Å². The monoisotopic (exact) mass is 317 g/mol. The standard InChI is InChI=1S/C16H21N4O3/c1-16(2,3)23-15(21)17-13-7-5-6-12(10-13)11-20-9-8-14(18-20)19(4)22/h5-10H,11H2,1-4H3,(H,17,21)/q-1. The van der Waals surface area contributed by atoms with E-state index < -0.39 is 11.7 Å². The quantitative estimate of drug-likeness (QED) is 0.876. The SMILES string of the molecule is CN([O-])c1ccn(Cc2cccc(NC(=O)OC(C)(C)C)c2)n1. The van der Waals surface area contributed by atoms with Gasteiger partial charge < -0.3 is 15.0 Å². The fraction of sp³-hybridized carbons (Fsp3) is 0.375. The second kappa shape index (κ2) is 6.70. The number of carbonyl (C=O) groups is 1. The van der Waals surface area contributed by atoms with Crippen LogP contribution in [0.1, 0.15) is 26.3 Å². The molecule has 1 aromatic carbocycles. The zero-order chi connectivity index (χ0) is 17.0. The zero-order valence-electron chi connectivity index (χ0n) is 13.7. The number of nitrogens with one attached hydrogen (secondary N) is 1. The minimum atomic E-state index is -0.544. The summed E-state index contributed by atoms with van der Waals surface area (Å²) in [6.07, 6.45) is 1.24. The number of hydrogen-bond acceptors (Lipinski definition) is 5. The van der Waals surface area contributed by atoms with Crippen molar-refractivity contribution in [2.24, 2.45) is 0 Å². The third-order valence-corrected chi connectivity index (χ3v) is 2.87. The first kappa shape index (κ1) is 16.8. The minimum Gasteiger partial charge on any atom is -0.757 e. The normalized spacial score (nSPS) is 11.2. The highest BCUT2D eigenvalue weighted by Crippen LogP contribution is 2.15. The van der Waals surface area contributed by atoms with Crippen molar-refractivity contribution in [3.63, 3.8) is 0 Å².